The van der Waals surface area contributed by atoms with Crippen LogP contribution in [0.2, 0.25) is 0 Å². The average Bonchev–Trinajstić information content (AvgIpc) is 2.73. The van der Waals surface area contributed by atoms with Crippen molar-refractivity contribution in [2.75, 3.05) is 0 Å². The average molecular weight is 387 g/mol. The number of rotatable bonds is 3. The molecule has 0 saturated carbocycles. The van der Waals surface area contributed by atoms with Gasteiger partial charge in [-0.2, -0.15) is 5.26 Å². The lowest BCUT2D eigenvalue weighted by atomic mass is 9.96. The van der Waals surface area contributed by atoms with E-state index in [4.69, 9.17) is 5.26 Å². The van der Waals surface area contributed by atoms with Gasteiger partial charge < -0.3 is 0 Å². The topological polar surface area (TPSA) is 23.8 Å². The van der Waals surface area contributed by atoms with Crippen molar-refractivity contribution >= 4 is 10.8 Å². The van der Waals surface area contributed by atoms with E-state index in [-0.39, 0.29) is 5.82 Å². The van der Waals surface area contributed by atoms with Gasteiger partial charge in [0.05, 0.1) is 0 Å². The Morgan fingerprint density at radius 1 is 0.759 bits per heavy atom. The molecule has 0 heterocycles. The summed E-state index contributed by atoms with van der Waals surface area (Å²) in [6, 6.07) is 19.9. The molecule has 0 aliphatic rings. The highest BCUT2D eigenvalue weighted by Crippen LogP contribution is 2.32. The second-order valence-corrected chi connectivity index (χ2v) is 6.84. The van der Waals surface area contributed by atoms with Crippen LogP contribution in [0.25, 0.3) is 33.0 Å². The molecule has 0 amide bonds. The van der Waals surface area contributed by atoms with E-state index >= 15 is 4.39 Å². The molecule has 142 valence electrons. The van der Waals surface area contributed by atoms with Gasteiger partial charge in [-0.1, -0.05) is 61.5 Å². The van der Waals surface area contributed by atoms with E-state index in [0.29, 0.717) is 27.6 Å². The number of nitriles is 1. The van der Waals surface area contributed by atoms with Crippen molar-refractivity contribution in [3.05, 3.63) is 95.3 Å². The van der Waals surface area contributed by atoms with Gasteiger partial charge in [-0.25, -0.2) is 13.2 Å². The second kappa shape index (κ2) is 7.44. The predicted molar refractivity (Wildman–Crippen MR) is 109 cm³/mol. The number of nitrogens with zero attached hydrogens (tertiary/aromatic N) is 1. The Hall–Kier alpha value is -3.58. The third-order valence-electron chi connectivity index (χ3n) is 5.11. The number of benzene rings is 4. The number of hydrogen-bond donors (Lipinski definition) is 0. The summed E-state index contributed by atoms with van der Waals surface area (Å²) in [4.78, 5) is 0. The van der Waals surface area contributed by atoms with Crippen LogP contribution in [-0.4, -0.2) is 0 Å². The molecule has 0 atom stereocenters. The minimum absolute atomic E-state index is 0.298. The maximum atomic E-state index is 15.1. The fourth-order valence-electron chi connectivity index (χ4n) is 3.47. The molecular formula is C25H16F3N. The van der Waals surface area contributed by atoms with E-state index in [1.807, 2.05) is 18.2 Å². The van der Waals surface area contributed by atoms with E-state index in [1.54, 1.807) is 36.4 Å². The molecule has 0 saturated heterocycles. The van der Waals surface area contributed by atoms with Gasteiger partial charge in [0.2, 0.25) is 0 Å². The fourth-order valence-corrected chi connectivity index (χ4v) is 3.47. The van der Waals surface area contributed by atoms with E-state index < -0.39 is 17.2 Å². The standard InChI is InChI=1S/C25H16F3N/c1-2-15-3-9-21-18(11-15)8-10-20(25(21)28)17-6-4-16(5-7-17)19-12-23(26)22(14-29)24(27)13-19/h3-13H,2H2,1H3. The van der Waals surface area contributed by atoms with E-state index in [0.717, 1.165) is 29.5 Å². The van der Waals surface area contributed by atoms with Crippen LogP contribution in [0.1, 0.15) is 18.1 Å². The molecule has 0 fully saturated rings. The van der Waals surface area contributed by atoms with Crippen LogP contribution in [0.4, 0.5) is 13.2 Å². The molecule has 0 aliphatic carbocycles. The first kappa shape index (κ1) is 18.8. The molecule has 1 nitrogen and oxygen atoms in total. The second-order valence-electron chi connectivity index (χ2n) is 6.84. The number of fused-ring (bicyclic) bond motifs is 1. The van der Waals surface area contributed by atoms with E-state index in [1.165, 1.54) is 6.07 Å². The molecule has 0 unspecified atom stereocenters. The lowest BCUT2D eigenvalue weighted by Gasteiger charge is -2.10. The van der Waals surface area contributed by atoms with Gasteiger partial charge in [0.1, 0.15) is 29.1 Å². The molecule has 4 heteroatoms. The molecule has 4 rings (SSSR count). The zero-order valence-corrected chi connectivity index (χ0v) is 15.6. The summed E-state index contributed by atoms with van der Waals surface area (Å²) < 4.78 is 42.8. The summed E-state index contributed by atoms with van der Waals surface area (Å²) in [5, 5.41) is 10.2. The maximum Gasteiger partial charge on any atom is 0.144 e. The van der Waals surface area contributed by atoms with Gasteiger partial charge >= 0.3 is 0 Å². The van der Waals surface area contributed by atoms with Gasteiger partial charge in [0.25, 0.3) is 0 Å². The molecule has 0 aliphatic heterocycles. The molecular weight excluding hydrogens is 371 g/mol. The lowest BCUT2D eigenvalue weighted by molar-refractivity contribution is 0.577. The first-order chi connectivity index (χ1) is 14.0. The van der Waals surface area contributed by atoms with Crippen molar-refractivity contribution < 1.29 is 13.2 Å². The SMILES string of the molecule is CCc1ccc2c(F)c(-c3ccc(-c4cc(F)c(C#N)c(F)c4)cc3)ccc2c1. The number of hydrogen-bond acceptors (Lipinski definition) is 1. The van der Waals surface area contributed by atoms with Crippen LogP contribution in [-0.2, 0) is 6.42 Å². The van der Waals surface area contributed by atoms with Crippen molar-refractivity contribution in [1.82, 2.24) is 0 Å². The first-order valence-corrected chi connectivity index (χ1v) is 9.23. The molecule has 29 heavy (non-hydrogen) atoms. The van der Waals surface area contributed by atoms with Crippen molar-refractivity contribution in [1.29, 1.82) is 5.26 Å². The van der Waals surface area contributed by atoms with Crippen LogP contribution in [0.5, 0.6) is 0 Å². The Balaban J connectivity index is 1.73. The zero-order chi connectivity index (χ0) is 20.5. The highest BCUT2D eigenvalue weighted by Gasteiger charge is 2.13. The van der Waals surface area contributed by atoms with Crippen LogP contribution in [0, 0.1) is 28.8 Å². The predicted octanol–water partition coefficient (Wildman–Crippen LogP) is 7.03. The van der Waals surface area contributed by atoms with Crippen molar-refractivity contribution in [3.8, 4) is 28.3 Å². The molecule has 0 radical (unpaired) electrons. The van der Waals surface area contributed by atoms with Crippen molar-refractivity contribution in [2.24, 2.45) is 0 Å². The largest absolute Gasteiger partial charge is 0.206 e. The minimum Gasteiger partial charge on any atom is -0.206 e. The molecule has 0 spiro atoms. The van der Waals surface area contributed by atoms with Crippen LogP contribution in [0.3, 0.4) is 0 Å². The Morgan fingerprint density at radius 3 is 2.03 bits per heavy atom. The summed E-state index contributed by atoms with van der Waals surface area (Å²) in [6.45, 7) is 2.05. The molecule has 0 aromatic heterocycles. The Morgan fingerprint density at radius 2 is 1.41 bits per heavy atom. The normalized spacial score (nSPS) is 10.9. The molecule has 0 bridgehead atoms. The highest BCUT2D eigenvalue weighted by molar-refractivity contribution is 5.89. The lowest BCUT2D eigenvalue weighted by Crippen LogP contribution is -1.92. The van der Waals surface area contributed by atoms with E-state index in [2.05, 4.69) is 6.92 Å². The van der Waals surface area contributed by atoms with Crippen LogP contribution >= 0.6 is 0 Å². The molecule has 4 aromatic carbocycles. The summed E-state index contributed by atoms with van der Waals surface area (Å²) in [5.74, 6) is -2.11. The third-order valence-corrected chi connectivity index (χ3v) is 5.11. The Bertz CT molecular complexity index is 1240. The van der Waals surface area contributed by atoms with Crippen LogP contribution < -0.4 is 0 Å². The van der Waals surface area contributed by atoms with Gasteiger partial charge in [0, 0.05) is 10.9 Å². The molecule has 0 N–H and O–H groups in total. The summed E-state index contributed by atoms with van der Waals surface area (Å²) in [7, 11) is 0. The Labute approximate surface area is 166 Å². The zero-order valence-electron chi connectivity index (χ0n) is 15.6. The van der Waals surface area contributed by atoms with E-state index in [9.17, 15) is 8.78 Å². The Kier molecular flexibility index (Phi) is 4.82. The van der Waals surface area contributed by atoms with Gasteiger partial charge in [0.15, 0.2) is 0 Å². The van der Waals surface area contributed by atoms with Crippen molar-refractivity contribution in [3.63, 3.8) is 0 Å². The summed E-state index contributed by atoms with van der Waals surface area (Å²) in [6.07, 6.45) is 0.886. The summed E-state index contributed by atoms with van der Waals surface area (Å²) >= 11 is 0. The fraction of sp³-hybridized carbons (Fsp3) is 0.0800. The van der Waals surface area contributed by atoms with Crippen molar-refractivity contribution in [2.45, 2.75) is 13.3 Å². The number of halogens is 3. The smallest absolute Gasteiger partial charge is 0.144 e. The minimum atomic E-state index is -0.904. The highest BCUT2D eigenvalue weighted by atomic mass is 19.1. The number of aryl methyl sites for hydroxylation is 1. The first-order valence-electron chi connectivity index (χ1n) is 9.23. The van der Waals surface area contributed by atoms with Gasteiger partial charge in [-0.3, -0.25) is 0 Å². The van der Waals surface area contributed by atoms with Gasteiger partial charge in [-0.15, -0.1) is 0 Å². The monoisotopic (exact) mass is 387 g/mol. The summed E-state index contributed by atoms with van der Waals surface area (Å²) in [5.41, 5.74) is 2.57. The van der Waals surface area contributed by atoms with Crippen LogP contribution in [0.15, 0.2) is 66.7 Å². The maximum absolute atomic E-state index is 15.1. The quantitative estimate of drug-likeness (QED) is 0.370. The molecule has 4 aromatic rings. The third kappa shape index (κ3) is 3.36. The van der Waals surface area contributed by atoms with Gasteiger partial charge in [-0.05, 0) is 46.2 Å².